The summed E-state index contributed by atoms with van der Waals surface area (Å²) in [5, 5.41) is 0. The molecule has 1 aromatic carbocycles. The summed E-state index contributed by atoms with van der Waals surface area (Å²) in [6.45, 7) is 3.13. The predicted octanol–water partition coefficient (Wildman–Crippen LogP) is 2.11. The monoisotopic (exact) mass is 236 g/mol. The van der Waals surface area contributed by atoms with Gasteiger partial charge in [-0.25, -0.2) is 0 Å². The zero-order valence-corrected chi connectivity index (χ0v) is 10.1. The Bertz CT molecular complexity index is 398. The molecule has 0 saturated heterocycles. The molecule has 0 aliphatic carbocycles. The third-order valence-electron chi connectivity index (χ3n) is 2.12. The molecule has 0 unspecified atom stereocenters. The average Bonchev–Trinajstić information content (AvgIpc) is 2.25. The van der Waals surface area contributed by atoms with Gasteiger partial charge in [0.15, 0.2) is 0 Å². The molecule has 0 radical (unpaired) electrons. The summed E-state index contributed by atoms with van der Waals surface area (Å²) in [6, 6.07) is 7.34. The molecule has 0 atom stereocenters. The average molecular weight is 236 g/mol. The van der Waals surface area contributed by atoms with Crippen molar-refractivity contribution >= 4 is 11.9 Å². The largest absolute Gasteiger partial charge is 0.466 e. The number of rotatable bonds is 5. The maximum absolute atomic E-state index is 10.9. The second-order valence-corrected chi connectivity index (χ2v) is 3.64. The maximum atomic E-state index is 10.9. The van der Waals surface area contributed by atoms with Gasteiger partial charge < -0.3 is 9.47 Å². The van der Waals surface area contributed by atoms with Gasteiger partial charge in [-0.2, -0.15) is 0 Å². The molecule has 1 aromatic rings. The summed E-state index contributed by atoms with van der Waals surface area (Å²) >= 11 is 0. The normalized spacial score (nSPS) is 9.76. The van der Waals surface area contributed by atoms with Crippen LogP contribution in [-0.4, -0.2) is 18.5 Å². The van der Waals surface area contributed by atoms with Gasteiger partial charge in [-0.1, -0.05) is 18.2 Å². The van der Waals surface area contributed by atoms with E-state index in [-0.39, 0.29) is 11.9 Å². The molecular formula is C13H16O4. The Morgan fingerprint density at radius 1 is 1.12 bits per heavy atom. The van der Waals surface area contributed by atoms with Crippen molar-refractivity contribution in [3.8, 4) is 5.75 Å². The standard InChI is InChI=1S/C13H16O4/c1-10(14)16-9-5-7-12-6-3-4-8-13(12)17-11(2)15/h3-4,6,8H,5,7,9H2,1-2H3. The van der Waals surface area contributed by atoms with Crippen molar-refractivity contribution in [3.63, 3.8) is 0 Å². The first-order valence-corrected chi connectivity index (χ1v) is 5.49. The summed E-state index contributed by atoms with van der Waals surface area (Å²) in [7, 11) is 0. The van der Waals surface area contributed by atoms with E-state index in [4.69, 9.17) is 9.47 Å². The van der Waals surface area contributed by atoms with Crippen LogP contribution in [0.3, 0.4) is 0 Å². The summed E-state index contributed by atoms with van der Waals surface area (Å²) in [4.78, 5) is 21.5. The summed E-state index contributed by atoms with van der Waals surface area (Å²) in [6.07, 6.45) is 1.41. The fourth-order valence-electron chi connectivity index (χ4n) is 1.44. The van der Waals surface area contributed by atoms with E-state index in [0.29, 0.717) is 25.2 Å². The molecule has 4 heteroatoms. The molecule has 0 saturated carbocycles. The van der Waals surface area contributed by atoms with Crippen LogP contribution >= 0.6 is 0 Å². The second-order valence-electron chi connectivity index (χ2n) is 3.64. The van der Waals surface area contributed by atoms with E-state index in [9.17, 15) is 9.59 Å². The first-order valence-electron chi connectivity index (χ1n) is 5.49. The molecule has 0 aromatic heterocycles. The van der Waals surface area contributed by atoms with E-state index in [1.165, 1.54) is 13.8 Å². The van der Waals surface area contributed by atoms with E-state index >= 15 is 0 Å². The van der Waals surface area contributed by atoms with Gasteiger partial charge in [-0.3, -0.25) is 9.59 Å². The van der Waals surface area contributed by atoms with Crippen molar-refractivity contribution in [3.05, 3.63) is 29.8 Å². The van der Waals surface area contributed by atoms with Crippen molar-refractivity contribution in [1.29, 1.82) is 0 Å². The van der Waals surface area contributed by atoms with E-state index in [1.54, 1.807) is 6.07 Å². The lowest BCUT2D eigenvalue weighted by Crippen LogP contribution is -2.05. The number of esters is 2. The summed E-state index contributed by atoms with van der Waals surface area (Å²) in [5.74, 6) is -0.0430. The third kappa shape index (κ3) is 5.15. The minimum Gasteiger partial charge on any atom is -0.466 e. The fourth-order valence-corrected chi connectivity index (χ4v) is 1.44. The smallest absolute Gasteiger partial charge is 0.308 e. The van der Waals surface area contributed by atoms with Crippen LogP contribution in [0.25, 0.3) is 0 Å². The number of hydrogen-bond acceptors (Lipinski definition) is 4. The van der Waals surface area contributed by atoms with Crippen LogP contribution in [0, 0.1) is 0 Å². The van der Waals surface area contributed by atoms with E-state index in [1.807, 2.05) is 18.2 Å². The van der Waals surface area contributed by atoms with Crippen molar-refractivity contribution in [2.45, 2.75) is 26.7 Å². The van der Waals surface area contributed by atoms with Crippen LogP contribution in [0.15, 0.2) is 24.3 Å². The molecule has 0 aliphatic heterocycles. The number of para-hydroxylation sites is 1. The predicted molar refractivity (Wildman–Crippen MR) is 62.7 cm³/mol. The van der Waals surface area contributed by atoms with Gasteiger partial charge in [0, 0.05) is 13.8 Å². The molecule has 0 spiro atoms. The highest BCUT2D eigenvalue weighted by Crippen LogP contribution is 2.19. The number of aryl methyl sites for hydroxylation is 1. The Hall–Kier alpha value is -1.84. The Balaban J connectivity index is 2.51. The number of carbonyl (C=O) groups excluding carboxylic acids is 2. The van der Waals surface area contributed by atoms with Gasteiger partial charge in [-0.05, 0) is 24.5 Å². The maximum Gasteiger partial charge on any atom is 0.308 e. The van der Waals surface area contributed by atoms with Crippen LogP contribution < -0.4 is 4.74 Å². The molecule has 0 bridgehead atoms. The number of benzene rings is 1. The van der Waals surface area contributed by atoms with Gasteiger partial charge in [-0.15, -0.1) is 0 Å². The lowest BCUT2D eigenvalue weighted by Gasteiger charge is -2.08. The molecule has 0 heterocycles. The zero-order valence-electron chi connectivity index (χ0n) is 10.1. The van der Waals surface area contributed by atoms with E-state index < -0.39 is 0 Å². The third-order valence-corrected chi connectivity index (χ3v) is 2.12. The summed E-state index contributed by atoms with van der Waals surface area (Å²) in [5.41, 5.74) is 0.940. The molecule has 4 nitrogen and oxygen atoms in total. The van der Waals surface area contributed by atoms with Crippen LogP contribution in [-0.2, 0) is 20.7 Å². The molecular weight excluding hydrogens is 220 g/mol. The molecule has 0 N–H and O–H groups in total. The SMILES string of the molecule is CC(=O)OCCCc1ccccc1OC(C)=O. The van der Waals surface area contributed by atoms with Crippen molar-refractivity contribution in [2.75, 3.05) is 6.61 Å². The molecule has 17 heavy (non-hydrogen) atoms. The van der Waals surface area contributed by atoms with Gasteiger partial charge in [0.2, 0.25) is 0 Å². The Morgan fingerprint density at radius 3 is 2.47 bits per heavy atom. The Morgan fingerprint density at radius 2 is 1.82 bits per heavy atom. The number of hydrogen-bond donors (Lipinski definition) is 0. The summed E-state index contributed by atoms with van der Waals surface area (Å²) < 4.78 is 9.91. The number of ether oxygens (including phenoxy) is 2. The molecule has 0 fully saturated rings. The molecule has 0 amide bonds. The zero-order chi connectivity index (χ0) is 12.7. The van der Waals surface area contributed by atoms with Crippen LogP contribution in [0.1, 0.15) is 25.8 Å². The van der Waals surface area contributed by atoms with Crippen LogP contribution in [0.5, 0.6) is 5.75 Å². The fraction of sp³-hybridized carbons (Fsp3) is 0.385. The topological polar surface area (TPSA) is 52.6 Å². The lowest BCUT2D eigenvalue weighted by molar-refractivity contribution is -0.141. The molecule has 0 aliphatic rings. The van der Waals surface area contributed by atoms with Crippen molar-refractivity contribution < 1.29 is 19.1 Å². The second kappa shape index (κ2) is 6.68. The minimum atomic E-state index is -0.336. The molecule has 1 rings (SSSR count). The Kier molecular flexibility index (Phi) is 5.20. The van der Waals surface area contributed by atoms with Gasteiger partial charge in [0.05, 0.1) is 6.61 Å². The van der Waals surface area contributed by atoms with Crippen molar-refractivity contribution in [2.24, 2.45) is 0 Å². The highest BCUT2D eigenvalue weighted by atomic mass is 16.5. The highest BCUT2D eigenvalue weighted by molar-refractivity contribution is 5.69. The van der Waals surface area contributed by atoms with E-state index in [0.717, 1.165) is 5.56 Å². The van der Waals surface area contributed by atoms with Crippen LogP contribution in [0.2, 0.25) is 0 Å². The molecule has 92 valence electrons. The first kappa shape index (κ1) is 13.2. The first-order chi connectivity index (χ1) is 8.09. The quantitative estimate of drug-likeness (QED) is 0.446. The highest BCUT2D eigenvalue weighted by Gasteiger charge is 2.05. The van der Waals surface area contributed by atoms with Gasteiger partial charge in [0.1, 0.15) is 5.75 Å². The van der Waals surface area contributed by atoms with Crippen LogP contribution in [0.4, 0.5) is 0 Å². The Labute approximate surface area is 101 Å². The van der Waals surface area contributed by atoms with E-state index in [2.05, 4.69) is 0 Å². The minimum absolute atomic E-state index is 0.279. The van der Waals surface area contributed by atoms with Crippen molar-refractivity contribution in [1.82, 2.24) is 0 Å². The van der Waals surface area contributed by atoms with Gasteiger partial charge in [0.25, 0.3) is 0 Å². The number of carbonyl (C=O) groups is 2. The lowest BCUT2D eigenvalue weighted by atomic mass is 10.1. The van der Waals surface area contributed by atoms with Gasteiger partial charge >= 0.3 is 11.9 Å².